The number of hydrogen-bond donors (Lipinski definition) is 3. The summed E-state index contributed by atoms with van der Waals surface area (Å²) in [7, 11) is 0. The van der Waals surface area contributed by atoms with E-state index in [0.717, 1.165) is 48.4 Å². The Bertz CT molecular complexity index is 905. The molecule has 2 atom stereocenters. The lowest BCUT2D eigenvalue weighted by molar-refractivity contribution is -0.118. The van der Waals surface area contributed by atoms with Gasteiger partial charge in [0.25, 0.3) is 0 Å². The molecule has 29 heavy (non-hydrogen) atoms. The van der Waals surface area contributed by atoms with E-state index in [2.05, 4.69) is 26.9 Å². The second-order valence-electron chi connectivity index (χ2n) is 8.33. The molecule has 0 aliphatic heterocycles. The molecule has 7 heteroatoms. The fraction of sp³-hybridized carbons (Fsp3) is 0.500. The van der Waals surface area contributed by atoms with Gasteiger partial charge in [0.05, 0.1) is 0 Å². The number of H-pyrrole nitrogens is 1. The average Bonchev–Trinajstić information content (AvgIpc) is 3.31. The molecule has 4 rings (SSSR count). The molecule has 0 bridgehead atoms. The van der Waals surface area contributed by atoms with E-state index < -0.39 is 0 Å². The Hall–Kier alpha value is -2.83. The number of aryl methyl sites for hydroxylation is 1. The van der Waals surface area contributed by atoms with Crippen LogP contribution in [-0.4, -0.2) is 34.2 Å². The van der Waals surface area contributed by atoms with E-state index in [9.17, 15) is 9.59 Å². The van der Waals surface area contributed by atoms with Crippen molar-refractivity contribution in [1.82, 2.24) is 15.5 Å². The Morgan fingerprint density at radius 2 is 2.14 bits per heavy atom. The van der Waals surface area contributed by atoms with Crippen LogP contribution in [0.25, 0.3) is 0 Å². The van der Waals surface area contributed by atoms with Crippen LogP contribution in [0.1, 0.15) is 62.3 Å². The van der Waals surface area contributed by atoms with Crippen LogP contribution in [0.5, 0.6) is 0 Å². The first-order chi connectivity index (χ1) is 14.0. The number of aromatic nitrogens is 2. The van der Waals surface area contributed by atoms with Crippen molar-refractivity contribution >= 4 is 23.4 Å². The van der Waals surface area contributed by atoms with Gasteiger partial charge in [-0.2, -0.15) is 5.10 Å². The molecule has 1 saturated carbocycles. The zero-order valence-electron chi connectivity index (χ0n) is 17.0. The van der Waals surface area contributed by atoms with Gasteiger partial charge in [0.15, 0.2) is 5.82 Å². The summed E-state index contributed by atoms with van der Waals surface area (Å²) >= 11 is 0. The first kappa shape index (κ1) is 19.5. The number of nitrogens with one attached hydrogen (secondary N) is 3. The summed E-state index contributed by atoms with van der Waals surface area (Å²) in [5.41, 5.74) is 4.31. The number of rotatable bonds is 5. The second-order valence-corrected chi connectivity index (χ2v) is 8.33. The van der Waals surface area contributed by atoms with Gasteiger partial charge in [-0.25, -0.2) is 4.79 Å². The second kappa shape index (κ2) is 8.27. The number of amides is 1. The SMILES string of the molecule is CC(C)NC(=O)O[C@@H]1CC[C@H](c2cc(Nc3cccc4c3CC(=O)CC4)n[nH]2)C1. The highest BCUT2D eigenvalue weighted by Gasteiger charge is 2.30. The van der Waals surface area contributed by atoms with Crippen molar-refractivity contribution in [2.75, 3.05) is 5.32 Å². The monoisotopic (exact) mass is 396 g/mol. The van der Waals surface area contributed by atoms with Crippen molar-refractivity contribution in [3.63, 3.8) is 0 Å². The third-order valence-electron chi connectivity index (χ3n) is 5.69. The average molecular weight is 396 g/mol. The van der Waals surface area contributed by atoms with E-state index >= 15 is 0 Å². The number of carbonyl (C=O) groups is 2. The number of carbonyl (C=O) groups excluding carboxylic acids is 2. The Balaban J connectivity index is 1.39. The predicted molar refractivity (Wildman–Crippen MR) is 110 cm³/mol. The summed E-state index contributed by atoms with van der Waals surface area (Å²) < 4.78 is 5.52. The van der Waals surface area contributed by atoms with Crippen molar-refractivity contribution in [3.05, 3.63) is 41.1 Å². The minimum absolute atomic E-state index is 0.0642. The van der Waals surface area contributed by atoms with Crippen LogP contribution in [0, 0.1) is 0 Å². The molecule has 0 spiro atoms. The summed E-state index contributed by atoms with van der Waals surface area (Å²) in [6, 6.07) is 8.20. The molecule has 2 aromatic rings. The van der Waals surface area contributed by atoms with E-state index in [1.54, 1.807) is 0 Å². The number of Topliss-reactive ketones (excluding diaryl/α,β-unsaturated/α-hetero) is 1. The highest BCUT2D eigenvalue weighted by atomic mass is 16.6. The third kappa shape index (κ3) is 4.60. The van der Waals surface area contributed by atoms with Crippen molar-refractivity contribution in [2.45, 2.75) is 70.4 Å². The van der Waals surface area contributed by atoms with E-state index in [-0.39, 0.29) is 24.0 Å². The van der Waals surface area contributed by atoms with Crippen molar-refractivity contribution in [3.8, 4) is 0 Å². The maximum atomic E-state index is 11.9. The number of fused-ring (bicyclic) bond motifs is 1. The van der Waals surface area contributed by atoms with E-state index in [1.165, 1.54) is 5.56 Å². The molecule has 1 heterocycles. The van der Waals surface area contributed by atoms with Crippen molar-refractivity contribution < 1.29 is 14.3 Å². The topological polar surface area (TPSA) is 96.1 Å². The largest absolute Gasteiger partial charge is 0.446 e. The third-order valence-corrected chi connectivity index (χ3v) is 5.69. The van der Waals surface area contributed by atoms with Crippen LogP contribution >= 0.6 is 0 Å². The van der Waals surface area contributed by atoms with Gasteiger partial charge >= 0.3 is 6.09 Å². The van der Waals surface area contributed by atoms with Crippen LogP contribution in [0.4, 0.5) is 16.3 Å². The van der Waals surface area contributed by atoms with Gasteiger partial charge in [0.2, 0.25) is 0 Å². The number of ketones is 1. The Morgan fingerprint density at radius 3 is 2.97 bits per heavy atom. The van der Waals surface area contributed by atoms with Gasteiger partial charge in [0.1, 0.15) is 11.9 Å². The molecule has 154 valence electrons. The lowest BCUT2D eigenvalue weighted by Crippen LogP contribution is -2.33. The van der Waals surface area contributed by atoms with Gasteiger partial charge in [-0.05, 0) is 56.7 Å². The predicted octanol–water partition coefficient (Wildman–Crippen LogP) is 3.98. The van der Waals surface area contributed by atoms with E-state index in [4.69, 9.17) is 4.74 Å². The molecule has 0 unspecified atom stereocenters. The summed E-state index contributed by atoms with van der Waals surface area (Å²) in [5.74, 6) is 1.32. The fourth-order valence-corrected chi connectivity index (χ4v) is 4.25. The van der Waals surface area contributed by atoms with Gasteiger partial charge in [0, 0.05) is 42.2 Å². The molecular weight excluding hydrogens is 368 g/mol. The molecule has 7 nitrogen and oxygen atoms in total. The maximum absolute atomic E-state index is 11.9. The van der Waals surface area contributed by atoms with Crippen LogP contribution in [0.15, 0.2) is 24.3 Å². The van der Waals surface area contributed by atoms with Crippen molar-refractivity contribution in [2.24, 2.45) is 0 Å². The van der Waals surface area contributed by atoms with Gasteiger partial charge in [-0.15, -0.1) is 0 Å². The molecule has 0 saturated heterocycles. The number of benzene rings is 1. The Labute approximate surface area is 170 Å². The number of alkyl carbamates (subject to hydrolysis) is 1. The highest BCUT2D eigenvalue weighted by Crippen LogP contribution is 2.36. The van der Waals surface area contributed by atoms with Gasteiger partial charge in [-0.3, -0.25) is 9.89 Å². The first-order valence-corrected chi connectivity index (χ1v) is 10.4. The van der Waals surface area contributed by atoms with Gasteiger partial charge < -0.3 is 15.4 Å². The van der Waals surface area contributed by atoms with Gasteiger partial charge in [-0.1, -0.05) is 12.1 Å². The highest BCUT2D eigenvalue weighted by molar-refractivity contribution is 5.85. The molecule has 1 fully saturated rings. The number of hydrogen-bond acceptors (Lipinski definition) is 5. The summed E-state index contributed by atoms with van der Waals surface area (Å²) in [6.45, 7) is 3.83. The summed E-state index contributed by atoms with van der Waals surface area (Å²) in [4.78, 5) is 23.7. The molecule has 1 aromatic carbocycles. The zero-order valence-corrected chi connectivity index (χ0v) is 17.0. The standard InChI is InChI=1S/C22H28N4O3/c1-13(2)23-22(28)29-17-9-7-15(10-17)20-12-21(26-25-20)24-19-5-3-4-14-6-8-16(27)11-18(14)19/h3-5,12-13,15,17H,6-11H2,1-2H3,(H,23,28)(H2,24,25,26)/t15-,17+/m0/s1. The van der Waals surface area contributed by atoms with Crippen LogP contribution < -0.4 is 10.6 Å². The molecule has 1 aromatic heterocycles. The molecule has 0 radical (unpaired) electrons. The van der Waals surface area contributed by atoms with Crippen molar-refractivity contribution in [1.29, 1.82) is 0 Å². The maximum Gasteiger partial charge on any atom is 0.407 e. The minimum Gasteiger partial charge on any atom is -0.446 e. The molecule has 1 amide bonds. The van der Waals surface area contributed by atoms with Crippen LogP contribution in [0.2, 0.25) is 0 Å². The molecule has 3 N–H and O–H groups in total. The van der Waals surface area contributed by atoms with Crippen LogP contribution in [-0.2, 0) is 22.4 Å². The quantitative estimate of drug-likeness (QED) is 0.710. The lowest BCUT2D eigenvalue weighted by Gasteiger charge is -2.18. The minimum atomic E-state index is -0.346. The first-order valence-electron chi connectivity index (χ1n) is 10.4. The lowest BCUT2D eigenvalue weighted by atomic mass is 9.89. The molecule has 2 aliphatic rings. The fourth-order valence-electron chi connectivity index (χ4n) is 4.25. The number of anilines is 2. The Kier molecular flexibility index (Phi) is 5.56. The zero-order chi connectivity index (χ0) is 20.4. The normalized spacial score (nSPS) is 21.1. The van der Waals surface area contributed by atoms with E-state index in [1.807, 2.05) is 32.0 Å². The van der Waals surface area contributed by atoms with Crippen LogP contribution in [0.3, 0.4) is 0 Å². The summed E-state index contributed by atoms with van der Waals surface area (Å²) in [5, 5.41) is 13.7. The molecule has 2 aliphatic carbocycles. The number of aromatic amines is 1. The van der Waals surface area contributed by atoms with E-state index in [0.29, 0.717) is 18.8 Å². The number of ether oxygens (including phenoxy) is 1. The molecular formula is C22H28N4O3. The summed E-state index contributed by atoms with van der Waals surface area (Å²) in [6.07, 6.45) is 4.11. The smallest absolute Gasteiger partial charge is 0.407 e. The Morgan fingerprint density at radius 1 is 1.28 bits per heavy atom. The number of nitrogens with zero attached hydrogens (tertiary/aromatic N) is 1.